The molecule has 1 nitrogen and oxygen atoms in total. The van der Waals surface area contributed by atoms with Gasteiger partial charge < -0.3 is 4.90 Å². The van der Waals surface area contributed by atoms with Crippen molar-refractivity contribution in [3.8, 4) is 0 Å². The number of hydrogen-bond acceptors (Lipinski definition) is 1. The minimum Gasteiger partial charge on any atom is -0.347 e. The molecule has 3 aromatic carbocycles. The van der Waals surface area contributed by atoms with Crippen molar-refractivity contribution >= 4 is 22.5 Å². The standard InChI is InChI=1S/C47H57IN/c1-11-14-38-34(6)20-26-41-45(38)46(7,8)43(49(41)10)28-23-35(21-17-31(2)3)22-27-42-47(9,30-37-29-32(4)18-19-33(37)5)44-39-16-13-12-15-36(39)24-25-40(44)48-42/h11-16,19-20,22-29,31-32,42H,17-18,21,30H2,1-10H3/q+1/b14-11-,27-22+,35-23+,43-28+. The third-order valence-electron chi connectivity index (χ3n) is 11.3. The molecule has 0 saturated carbocycles. The average Bonchev–Trinajstić information content (AvgIpc) is 3.45. The second-order valence-corrected chi connectivity index (χ2v) is 19.1. The lowest BCUT2D eigenvalue weighted by Crippen LogP contribution is -3.64. The number of anilines is 1. The van der Waals surface area contributed by atoms with Gasteiger partial charge in [-0.2, -0.15) is 0 Å². The van der Waals surface area contributed by atoms with Crippen molar-refractivity contribution in [3.05, 3.63) is 139 Å². The highest BCUT2D eigenvalue weighted by Gasteiger charge is 2.54. The number of halogens is 1. The Balaban J connectivity index is 1.40. The number of hydrogen-bond donors (Lipinski definition) is 0. The molecule has 0 saturated heterocycles. The molecule has 0 fully saturated rings. The average molecular weight is 763 g/mol. The van der Waals surface area contributed by atoms with Crippen LogP contribution in [0, 0.1) is 22.3 Å². The number of likely N-dealkylation sites (N-methyl/N-ethyl adjacent to an activating group) is 1. The van der Waals surface area contributed by atoms with Gasteiger partial charge >= 0.3 is 21.2 Å². The van der Waals surface area contributed by atoms with E-state index in [1.54, 1.807) is 14.7 Å². The van der Waals surface area contributed by atoms with Crippen LogP contribution in [0.15, 0.2) is 113 Å². The molecule has 2 heterocycles. The molecule has 3 atom stereocenters. The van der Waals surface area contributed by atoms with Gasteiger partial charge in [-0.15, -0.1) is 0 Å². The molecule has 2 aliphatic heterocycles. The van der Waals surface area contributed by atoms with Gasteiger partial charge in [-0.05, 0) is 127 Å². The molecule has 2 heteroatoms. The van der Waals surface area contributed by atoms with Crippen LogP contribution in [0.3, 0.4) is 0 Å². The van der Waals surface area contributed by atoms with Crippen LogP contribution in [0.2, 0.25) is 0 Å². The molecule has 0 bridgehead atoms. The van der Waals surface area contributed by atoms with Gasteiger partial charge in [0.15, 0.2) is 7.49 Å². The van der Waals surface area contributed by atoms with E-state index in [4.69, 9.17) is 0 Å². The van der Waals surface area contributed by atoms with Crippen molar-refractivity contribution in [2.45, 2.75) is 103 Å². The molecule has 0 aromatic heterocycles. The maximum atomic E-state index is 2.64. The Labute approximate surface area is 307 Å². The summed E-state index contributed by atoms with van der Waals surface area (Å²) in [5, 5.41) is 2.84. The zero-order chi connectivity index (χ0) is 35.1. The fourth-order valence-electron chi connectivity index (χ4n) is 8.47. The van der Waals surface area contributed by atoms with Crippen LogP contribution in [-0.2, 0) is 10.8 Å². The molecule has 3 unspecified atom stereocenters. The monoisotopic (exact) mass is 762 g/mol. The summed E-state index contributed by atoms with van der Waals surface area (Å²) in [5.41, 5.74) is 12.9. The van der Waals surface area contributed by atoms with Crippen LogP contribution < -0.4 is 26.1 Å². The number of nitrogens with zero attached hydrogens (tertiary/aromatic N) is 1. The molecule has 0 spiro atoms. The lowest BCUT2D eigenvalue weighted by Gasteiger charge is -2.30. The van der Waals surface area contributed by atoms with Crippen molar-refractivity contribution in [1.29, 1.82) is 0 Å². The third-order valence-corrected chi connectivity index (χ3v) is 15.4. The molecular formula is C47H57IN+. The Kier molecular flexibility index (Phi) is 10.4. The van der Waals surface area contributed by atoms with Crippen LogP contribution in [0.25, 0.3) is 16.8 Å². The summed E-state index contributed by atoms with van der Waals surface area (Å²) >= 11 is -0.193. The number of fused-ring (bicyclic) bond motifs is 4. The van der Waals surface area contributed by atoms with E-state index in [0.29, 0.717) is 15.8 Å². The van der Waals surface area contributed by atoms with Gasteiger partial charge in [0.2, 0.25) is 0 Å². The lowest BCUT2D eigenvalue weighted by molar-refractivity contribution is -0.646. The topological polar surface area (TPSA) is 3.24 Å². The Bertz CT molecular complexity index is 1920. The molecule has 3 aromatic rings. The molecule has 1 aliphatic carbocycles. The summed E-state index contributed by atoms with van der Waals surface area (Å²) in [4.78, 5) is 2.43. The molecule has 49 heavy (non-hydrogen) atoms. The SMILES string of the molecule is C/C=C\c1c(C)ccc2c1C(C)(C)\C(=C/C=C(/C=C/C1[I+]c3ccc4ccccc4c3C1(C)CC1=CC(C)CC=C1C)CCC(C)C)N2C. The highest BCUT2D eigenvalue weighted by Crippen LogP contribution is 2.50. The Hall–Kier alpha value is -3.11. The van der Waals surface area contributed by atoms with Crippen molar-refractivity contribution in [3.63, 3.8) is 0 Å². The van der Waals surface area contributed by atoms with Gasteiger partial charge in [0.25, 0.3) is 0 Å². The van der Waals surface area contributed by atoms with E-state index in [1.165, 1.54) is 56.4 Å². The summed E-state index contributed by atoms with van der Waals surface area (Å²) in [6.07, 6.45) is 24.1. The smallest absolute Gasteiger partial charge is 0.322 e. The zero-order valence-electron chi connectivity index (χ0n) is 31.6. The number of alkyl halides is 1. The van der Waals surface area contributed by atoms with E-state index in [9.17, 15) is 0 Å². The van der Waals surface area contributed by atoms with Crippen LogP contribution in [-0.4, -0.2) is 11.0 Å². The summed E-state index contributed by atoms with van der Waals surface area (Å²) in [5.74, 6) is 1.28. The third kappa shape index (κ3) is 6.84. The molecule has 6 rings (SSSR count). The normalized spacial score (nSPS) is 24.4. The second-order valence-electron chi connectivity index (χ2n) is 16.0. The van der Waals surface area contributed by atoms with Gasteiger partial charge in [0.05, 0.1) is 5.41 Å². The van der Waals surface area contributed by atoms with Crippen LogP contribution in [0.5, 0.6) is 0 Å². The first-order valence-electron chi connectivity index (χ1n) is 18.5. The zero-order valence-corrected chi connectivity index (χ0v) is 33.8. The van der Waals surface area contributed by atoms with E-state index < -0.39 is 0 Å². The van der Waals surface area contributed by atoms with Crippen LogP contribution >= 0.6 is 0 Å². The van der Waals surface area contributed by atoms with E-state index in [1.807, 2.05) is 0 Å². The Morgan fingerprint density at radius 3 is 2.55 bits per heavy atom. The number of allylic oxidation sites excluding steroid dienone is 11. The second kappa shape index (κ2) is 14.3. The minimum absolute atomic E-state index is 0.0654. The van der Waals surface area contributed by atoms with Gasteiger partial charge in [-0.3, -0.25) is 0 Å². The van der Waals surface area contributed by atoms with Gasteiger partial charge in [0.1, 0.15) is 0 Å². The van der Waals surface area contributed by atoms with E-state index in [2.05, 4.69) is 171 Å². The van der Waals surface area contributed by atoms with E-state index in [-0.39, 0.29) is 32.0 Å². The molecule has 0 N–H and O–H groups in total. The molecule has 256 valence electrons. The number of aryl methyl sites for hydroxylation is 1. The fraction of sp³-hybridized carbons (Fsp3) is 0.404. The maximum absolute atomic E-state index is 2.64. The molecular weight excluding hydrogens is 705 g/mol. The lowest BCUT2D eigenvalue weighted by atomic mass is 9.71. The summed E-state index contributed by atoms with van der Waals surface area (Å²) < 4.78 is 2.17. The number of rotatable bonds is 9. The first kappa shape index (κ1) is 35.7. The van der Waals surface area contributed by atoms with Crippen LogP contribution in [0.4, 0.5) is 5.69 Å². The summed E-state index contributed by atoms with van der Waals surface area (Å²) in [6, 6.07) is 18.5. The van der Waals surface area contributed by atoms with Crippen molar-refractivity contribution in [2.75, 3.05) is 11.9 Å². The van der Waals surface area contributed by atoms with E-state index in [0.717, 1.165) is 19.3 Å². The van der Waals surface area contributed by atoms with Gasteiger partial charge in [-0.1, -0.05) is 114 Å². The first-order chi connectivity index (χ1) is 23.3. The van der Waals surface area contributed by atoms with Gasteiger partial charge in [0, 0.05) is 29.4 Å². The van der Waals surface area contributed by atoms with Gasteiger partial charge in [-0.25, -0.2) is 0 Å². The molecule has 0 amide bonds. The number of benzene rings is 3. The Morgan fingerprint density at radius 2 is 1.80 bits per heavy atom. The summed E-state index contributed by atoms with van der Waals surface area (Å²) in [6.45, 7) is 21.2. The highest BCUT2D eigenvalue weighted by molar-refractivity contribution is 5.87. The molecule has 0 radical (unpaired) electrons. The first-order valence-corrected chi connectivity index (χ1v) is 20.8. The van der Waals surface area contributed by atoms with Crippen molar-refractivity contribution in [2.24, 2.45) is 11.8 Å². The van der Waals surface area contributed by atoms with E-state index >= 15 is 0 Å². The van der Waals surface area contributed by atoms with Crippen molar-refractivity contribution < 1.29 is 21.2 Å². The minimum atomic E-state index is -0.193. The predicted molar refractivity (Wildman–Crippen MR) is 211 cm³/mol. The fourth-order valence-corrected chi connectivity index (χ4v) is 12.4. The quantitative estimate of drug-likeness (QED) is 0.119. The highest BCUT2D eigenvalue weighted by atomic mass is 127. The Morgan fingerprint density at radius 1 is 1.02 bits per heavy atom. The predicted octanol–water partition coefficient (Wildman–Crippen LogP) is 9.61. The maximum Gasteiger partial charge on any atom is 0.322 e. The largest absolute Gasteiger partial charge is 0.347 e. The van der Waals surface area contributed by atoms with Crippen LogP contribution in [0.1, 0.15) is 103 Å². The molecule has 3 aliphatic rings. The summed E-state index contributed by atoms with van der Waals surface area (Å²) in [7, 11) is 2.25. The van der Waals surface area contributed by atoms with Crippen molar-refractivity contribution in [1.82, 2.24) is 0 Å².